The van der Waals surface area contributed by atoms with Gasteiger partial charge in [0.25, 0.3) is 0 Å². The van der Waals surface area contributed by atoms with Crippen LogP contribution in [-0.2, 0) is 6.18 Å². The fourth-order valence-electron chi connectivity index (χ4n) is 1.57. The fourth-order valence-corrected chi connectivity index (χ4v) is 1.78. The van der Waals surface area contributed by atoms with Crippen LogP contribution >= 0.6 is 11.6 Å². The van der Waals surface area contributed by atoms with Crippen LogP contribution in [0.5, 0.6) is 0 Å². The molecule has 110 valence electrons. The second-order valence-corrected chi connectivity index (χ2v) is 4.69. The summed E-state index contributed by atoms with van der Waals surface area (Å²) >= 11 is 5.75. The average Bonchev–Trinajstić information content (AvgIpc) is 2.41. The van der Waals surface area contributed by atoms with Gasteiger partial charge < -0.3 is 0 Å². The van der Waals surface area contributed by atoms with Gasteiger partial charge >= 0.3 is 6.18 Å². The Morgan fingerprint density at radius 2 is 2.00 bits per heavy atom. The third-order valence-electron chi connectivity index (χ3n) is 2.73. The van der Waals surface area contributed by atoms with E-state index < -0.39 is 11.7 Å². The topological polar surface area (TPSA) is 37.3 Å². The number of nitrogens with one attached hydrogen (secondary N) is 1. The van der Waals surface area contributed by atoms with Gasteiger partial charge in [0.05, 0.1) is 16.8 Å². The molecule has 0 amide bonds. The minimum Gasteiger partial charge on any atom is -0.260 e. The van der Waals surface area contributed by atoms with Crippen LogP contribution in [0.25, 0.3) is 0 Å². The molecule has 1 aromatic heterocycles. The van der Waals surface area contributed by atoms with Crippen molar-refractivity contribution in [3.63, 3.8) is 0 Å². The average molecular weight is 314 g/mol. The second-order valence-electron chi connectivity index (χ2n) is 4.28. The Kier molecular flexibility index (Phi) is 4.47. The first-order valence-corrected chi connectivity index (χ1v) is 6.33. The van der Waals surface area contributed by atoms with E-state index in [1.807, 2.05) is 31.2 Å². The van der Waals surface area contributed by atoms with Crippen LogP contribution in [-0.4, -0.2) is 11.2 Å². The van der Waals surface area contributed by atoms with Crippen molar-refractivity contribution in [1.29, 1.82) is 0 Å². The monoisotopic (exact) mass is 313 g/mol. The summed E-state index contributed by atoms with van der Waals surface area (Å²) in [5.41, 5.74) is 3.53. The number of nitrogens with zero attached hydrogens (tertiary/aromatic N) is 2. The number of aryl methyl sites for hydroxylation is 1. The molecule has 0 aliphatic rings. The molecular formula is C14H11ClF3N3. The number of alkyl halides is 3. The van der Waals surface area contributed by atoms with E-state index in [9.17, 15) is 13.2 Å². The zero-order valence-electron chi connectivity index (χ0n) is 10.9. The van der Waals surface area contributed by atoms with Crippen LogP contribution in [0.3, 0.4) is 0 Å². The molecule has 1 aromatic carbocycles. The molecule has 0 aliphatic carbocycles. The number of hydrazone groups is 1. The smallest absolute Gasteiger partial charge is 0.260 e. The normalized spacial score (nSPS) is 11.9. The van der Waals surface area contributed by atoms with Crippen molar-refractivity contribution in [1.82, 2.24) is 4.98 Å². The number of aromatic nitrogens is 1. The number of halogens is 4. The van der Waals surface area contributed by atoms with Crippen molar-refractivity contribution in [2.75, 3.05) is 5.43 Å². The largest absolute Gasteiger partial charge is 0.417 e. The predicted octanol–water partition coefficient (Wildman–Crippen LogP) is 4.51. The highest BCUT2D eigenvalue weighted by Gasteiger charge is 2.31. The Bertz CT molecular complexity index is 669. The summed E-state index contributed by atoms with van der Waals surface area (Å²) in [7, 11) is 0. The molecule has 1 N–H and O–H groups in total. The third-order valence-corrected chi connectivity index (χ3v) is 3.02. The Morgan fingerprint density at radius 3 is 2.62 bits per heavy atom. The number of hydrogen-bond donors (Lipinski definition) is 1. The number of anilines is 1. The van der Waals surface area contributed by atoms with E-state index in [0.717, 1.165) is 17.2 Å². The van der Waals surface area contributed by atoms with Crippen molar-refractivity contribution in [3.8, 4) is 0 Å². The Hall–Kier alpha value is -2.08. The maximum absolute atomic E-state index is 12.5. The van der Waals surface area contributed by atoms with Gasteiger partial charge in [-0.05, 0) is 24.1 Å². The maximum atomic E-state index is 12.5. The molecule has 0 fully saturated rings. The van der Waals surface area contributed by atoms with E-state index in [0.29, 0.717) is 6.20 Å². The lowest BCUT2D eigenvalue weighted by Gasteiger charge is -2.08. The number of benzene rings is 1. The van der Waals surface area contributed by atoms with Gasteiger partial charge in [0.15, 0.2) is 5.82 Å². The molecule has 2 aromatic rings. The van der Waals surface area contributed by atoms with E-state index in [1.54, 1.807) is 6.21 Å². The zero-order chi connectivity index (χ0) is 15.5. The van der Waals surface area contributed by atoms with E-state index in [1.165, 1.54) is 0 Å². The summed E-state index contributed by atoms with van der Waals surface area (Å²) in [4.78, 5) is 3.62. The summed E-state index contributed by atoms with van der Waals surface area (Å²) in [6.45, 7) is 1.92. The lowest BCUT2D eigenvalue weighted by Crippen LogP contribution is -2.06. The van der Waals surface area contributed by atoms with Gasteiger partial charge in [-0.15, -0.1) is 0 Å². The van der Waals surface area contributed by atoms with Crippen molar-refractivity contribution in [2.45, 2.75) is 13.1 Å². The van der Waals surface area contributed by atoms with Crippen molar-refractivity contribution in [2.24, 2.45) is 5.10 Å². The molecular weight excluding hydrogens is 303 g/mol. The summed E-state index contributed by atoms with van der Waals surface area (Å²) in [5, 5.41) is 3.78. The second kappa shape index (κ2) is 6.13. The first kappa shape index (κ1) is 15.3. The van der Waals surface area contributed by atoms with Gasteiger partial charge in [0.2, 0.25) is 0 Å². The molecule has 7 heteroatoms. The van der Waals surface area contributed by atoms with Gasteiger partial charge in [-0.25, -0.2) is 4.98 Å². The van der Waals surface area contributed by atoms with Gasteiger partial charge in [-0.2, -0.15) is 18.3 Å². The van der Waals surface area contributed by atoms with Crippen LogP contribution in [0.1, 0.15) is 16.7 Å². The molecule has 0 radical (unpaired) electrons. The summed E-state index contributed by atoms with van der Waals surface area (Å²) in [5.74, 6) is 0.0644. The first-order chi connectivity index (χ1) is 9.88. The lowest BCUT2D eigenvalue weighted by molar-refractivity contribution is -0.137. The molecule has 0 atom stereocenters. The Morgan fingerprint density at radius 1 is 1.29 bits per heavy atom. The molecule has 2 rings (SSSR count). The van der Waals surface area contributed by atoms with Crippen LogP contribution in [0.4, 0.5) is 19.0 Å². The molecule has 0 saturated heterocycles. The standard InChI is InChI=1S/C14H11ClF3N3/c1-9-4-2-3-5-10(9)7-20-21-13-12(15)6-11(8-19-13)14(16,17)18/h2-8H,1H3,(H,19,21)/b20-7-. The predicted molar refractivity (Wildman–Crippen MR) is 76.6 cm³/mol. The maximum Gasteiger partial charge on any atom is 0.417 e. The van der Waals surface area contributed by atoms with Crippen molar-refractivity contribution >= 4 is 23.6 Å². The molecule has 3 nitrogen and oxygen atoms in total. The summed E-state index contributed by atoms with van der Waals surface area (Å²) in [6, 6.07) is 8.35. The zero-order valence-corrected chi connectivity index (χ0v) is 11.7. The van der Waals surface area contributed by atoms with Gasteiger partial charge in [0, 0.05) is 6.20 Å². The minimum absolute atomic E-state index is 0.0644. The lowest BCUT2D eigenvalue weighted by atomic mass is 10.1. The molecule has 0 saturated carbocycles. The molecule has 0 unspecified atom stereocenters. The van der Waals surface area contributed by atoms with Crippen LogP contribution in [0.2, 0.25) is 5.02 Å². The van der Waals surface area contributed by atoms with Crippen LogP contribution in [0, 0.1) is 6.92 Å². The van der Waals surface area contributed by atoms with Gasteiger partial charge in [0.1, 0.15) is 0 Å². The Labute approximate surface area is 124 Å². The minimum atomic E-state index is -4.47. The molecule has 21 heavy (non-hydrogen) atoms. The van der Waals surface area contributed by atoms with E-state index in [-0.39, 0.29) is 10.8 Å². The van der Waals surface area contributed by atoms with E-state index in [2.05, 4.69) is 15.5 Å². The molecule has 0 spiro atoms. The first-order valence-electron chi connectivity index (χ1n) is 5.95. The van der Waals surface area contributed by atoms with E-state index in [4.69, 9.17) is 11.6 Å². The highest BCUT2D eigenvalue weighted by molar-refractivity contribution is 6.32. The fraction of sp³-hybridized carbons (Fsp3) is 0.143. The van der Waals surface area contributed by atoms with Gasteiger partial charge in [-0.3, -0.25) is 5.43 Å². The Balaban J connectivity index is 2.12. The quantitative estimate of drug-likeness (QED) is 0.669. The number of hydrogen-bond acceptors (Lipinski definition) is 3. The van der Waals surface area contributed by atoms with Crippen molar-refractivity contribution in [3.05, 3.63) is 58.2 Å². The van der Waals surface area contributed by atoms with Gasteiger partial charge in [-0.1, -0.05) is 35.9 Å². The highest BCUT2D eigenvalue weighted by Crippen LogP contribution is 2.32. The molecule has 1 heterocycles. The SMILES string of the molecule is Cc1ccccc1/C=N\Nc1ncc(C(F)(F)F)cc1Cl. The number of pyridine rings is 1. The van der Waals surface area contributed by atoms with Crippen LogP contribution in [0.15, 0.2) is 41.6 Å². The third kappa shape index (κ3) is 3.95. The van der Waals surface area contributed by atoms with Crippen molar-refractivity contribution < 1.29 is 13.2 Å². The highest BCUT2D eigenvalue weighted by atomic mass is 35.5. The van der Waals surface area contributed by atoms with E-state index >= 15 is 0 Å². The molecule has 0 aliphatic heterocycles. The summed E-state index contributed by atoms with van der Waals surface area (Å²) < 4.78 is 37.4. The molecule has 0 bridgehead atoms. The summed E-state index contributed by atoms with van der Waals surface area (Å²) in [6.07, 6.45) is -2.22. The number of rotatable bonds is 3. The van der Waals surface area contributed by atoms with Crippen LogP contribution < -0.4 is 5.43 Å².